The maximum absolute atomic E-state index is 13.3. The van der Waals surface area contributed by atoms with E-state index in [1.54, 1.807) is 50.2 Å². The number of nitrogens with zero attached hydrogens (tertiary/aromatic N) is 2. The van der Waals surface area contributed by atoms with Crippen LogP contribution in [0.3, 0.4) is 0 Å². The van der Waals surface area contributed by atoms with Crippen molar-refractivity contribution in [2.75, 3.05) is 18.1 Å². The third-order valence-electron chi connectivity index (χ3n) is 5.56. The fourth-order valence-electron chi connectivity index (χ4n) is 3.88. The summed E-state index contributed by atoms with van der Waals surface area (Å²) in [5.41, 5.74) is 0.491. The lowest BCUT2D eigenvalue weighted by molar-refractivity contribution is -0.132. The first-order valence-corrected chi connectivity index (χ1v) is 12.4. The minimum absolute atomic E-state index is 0.0166. The number of thiazole rings is 1. The highest BCUT2D eigenvalue weighted by atomic mass is 32.1. The number of Topliss-reactive ketones (excluding diaryl/α,β-unsaturated/α-hetero) is 1. The first-order chi connectivity index (χ1) is 17.8. The molecule has 1 aliphatic heterocycles. The molecule has 1 atom stereocenters. The summed E-state index contributed by atoms with van der Waals surface area (Å²) < 4.78 is 16.6. The second-order valence-corrected chi connectivity index (χ2v) is 9.27. The number of ether oxygens (including phenoxy) is 2. The van der Waals surface area contributed by atoms with Gasteiger partial charge >= 0.3 is 11.9 Å². The number of amides is 1. The number of aliphatic hydroxyl groups excluding tert-OH is 1. The predicted octanol–water partition coefficient (Wildman–Crippen LogP) is 5.11. The van der Waals surface area contributed by atoms with Crippen molar-refractivity contribution in [2.45, 2.75) is 33.2 Å². The molecule has 192 valence electrons. The van der Waals surface area contributed by atoms with Crippen LogP contribution in [0.5, 0.6) is 5.75 Å². The van der Waals surface area contributed by atoms with Gasteiger partial charge in [0.05, 0.1) is 17.9 Å². The Morgan fingerprint density at radius 2 is 2.05 bits per heavy atom. The summed E-state index contributed by atoms with van der Waals surface area (Å²) in [6.45, 7) is 9.34. The molecule has 1 unspecified atom stereocenters. The van der Waals surface area contributed by atoms with Crippen molar-refractivity contribution in [3.8, 4) is 5.75 Å². The number of hydrogen-bond donors (Lipinski definition) is 1. The maximum Gasteiger partial charge on any atom is 0.350 e. The summed E-state index contributed by atoms with van der Waals surface area (Å²) in [5, 5.41) is 11.4. The summed E-state index contributed by atoms with van der Waals surface area (Å²) in [7, 11) is 0. The Kier molecular flexibility index (Phi) is 7.58. The van der Waals surface area contributed by atoms with Crippen LogP contribution in [-0.2, 0) is 14.3 Å². The van der Waals surface area contributed by atoms with Crippen molar-refractivity contribution in [2.24, 2.45) is 0 Å². The molecule has 3 heterocycles. The summed E-state index contributed by atoms with van der Waals surface area (Å²) >= 11 is 0.914. The normalized spacial score (nSPS) is 16.7. The number of hydrogen-bond acceptors (Lipinski definition) is 9. The van der Waals surface area contributed by atoms with Crippen LogP contribution in [0.4, 0.5) is 5.13 Å². The summed E-state index contributed by atoms with van der Waals surface area (Å²) in [4.78, 5) is 44.8. The van der Waals surface area contributed by atoms with Gasteiger partial charge in [-0.05, 0) is 44.5 Å². The molecule has 0 radical (unpaired) electrons. The van der Waals surface area contributed by atoms with E-state index in [1.807, 2.05) is 6.92 Å². The van der Waals surface area contributed by atoms with Gasteiger partial charge in [0, 0.05) is 5.56 Å². The van der Waals surface area contributed by atoms with Gasteiger partial charge in [0.2, 0.25) is 0 Å². The molecular formula is C27H26N2O7S. The molecule has 0 bridgehead atoms. The standard InChI is InChI=1S/C27H26N2O7S/c1-5-12-34-18-9-7-8-17(14-18)22(30)20-21(19-11-10-15(3)36-19)29(25(32)23(20)31)27-28-16(4)24(37-27)26(33)35-13-6-2/h6-11,14,21,30H,2,5,12-13H2,1,3-4H3. The molecule has 37 heavy (non-hydrogen) atoms. The van der Waals surface area contributed by atoms with E-state index in [0.29, 0.717) is 29.4 Å². The van der Waals surface area contributed by atoms with Crippen molar-refractivity contribution >= 4 is 39.9 Å². The van der Waals surface area contributed by atoms with Crippen molar-refractivity contribution in [1.82, 2.24) is 4.98 Å². The van der Waals surface area contributed by atoms with Gasteiger partial charge in [0.1, 0.15) is 40.6 Å². The van der Waals surface area contributed by atoms with Crippen LogP contribution < -0.4 is 9.64 Å². The second-order valence-electron chi connectivity index (χ2n) is 8.29. The highest BCUT2D eigenvalue weighted by Gasteiger charge is 2.50. The van der Waals surface area contributed by atoms with Gasteiger partial charge in [-0.3, -0.25) is 14.5 Å². The van der Waals surface area contributed by atoms with E-state index in [9.17, 15) is 19.5 Å². The zero-order valence-corrected chi connectivity index (χ0v) is 21.5. The number of rotatable bonds is 9. The van der Waals surface area contributed by atoms with Gasteiger partial charge < -0.3 is 19.0 Å². The number of aromatic nitrogens is 1. The number of benzene rings is 1. The molecule has 1 aliphatic rings. The van der Waals surface area contributed by atoms with Crippen molar-refractivity contribution in [3.05, 3.63) is 82.3 Å². The monoisotopic (exact) mass is 522 g/mol. The predicted molar refractivity (Wildman–Crippen MR) is 138 cm³/mol. The van der Waals surface area contributed by atoms with Gasteiger partial charge in [-0.25, -0.2) is 9.78 Å². The zero-order chi connectivity index (χ0) is 26.7. The van der Waals surface area contributed by atoms with Crippen LogP contribution in [0.1, 0.15) is 51.8 Å². The number of furan rings is 1. The lowest BCUT2D eigenvalue weighted by Gasteiger charge is -2.20. The maximum atomic E-state index is 13.3. The first kappa shape index (κ1) is 25.9. The fourth-order valence-corrected chi connectivity index (χ4v) is 4.87. The van der Waals surface area contributed by atoms with Crippen LogP contribution in [-0.4, -0.2) is 41.0 Å². The minimum atomic E-state index is -1.10. The van der Waals surface area contributed by atoms with E-state index in [4.69, 9.17) is 13.9 Å². The second kappa shape index (κ2) is 10.8. The lowest BCUT2D eigenvalue weighted by Crippen LogP contribution is -2.29. The van der Waals surface area contributed by atoms with E-state index in [-0.39, 0.29) is 33.7 Å². The Labute approximate surface area is 217 Å². The molecular weight excluding hydrogens is 496 g/mol. The average Bonchev–Trinajstić information content (AvgIpc) is 3.56. The van der Waals surface area contributed by atoms with E-state index < -0.39 is 23.7 Å². The molecule has 9 nitrogen and oxygen atoms in total. The highest BCUT2D eigenvalue weighted by Crippen LogP contribution is 2.44. The van der Waals surface area contributed by atoms with Gasteiger partial charge in [-0.1, -0.05) is 43.0 Å². The Morgan fingerprint density at radius 1 is 1.27 bits per heavy atom. The van der Waals surface area contributed by atoms with E-state index >= 15 is 0 Å². The van der Waals surface area contributed by atoms with Crippen LogP contribution >= 0.6 is 11.3 Å². The Hall–Kier alpha value is -4.18. The van der Waals surface area contributed by atoms with Crippen molar-refractivity contribution in [1.29, 1.82) is 0 Å². The number of ketones is 1. The van der Waals surface area contributed by atoms with Crippen molar-refractivity contribution < 1.29 is 33.4 Å². The van der Waals surface area contributed by atoms with E-state index in [0.717, 1.165) is 22.7 Å². The molecule has 1 aromatic carbocycles. The van der Waals surface area contributed by atoms with Gasteiger partial charge in [0.15, 0.2) is 5.13 Å². The van der Waals surface area contributed by atoms with Crippen LogP contribution in [0, 0.1) is 13.8 Å². The number of anilines is 1. The summed E-state index contributed by atoms with van der Waals surface area (Å²) in [5.74, 6) is -1.46. The third-order valence-corrected chi connectivity index (χ3v) is 6.70. The zero-order valence-electron chi connectivity index (χ0n) is 20.6. The lowest BCUT2D eigenvalue weighted by atomic mass is 9.99. The first-order valence-electron chi connectivity index (χ1n) is 11.6. The molecule has 1 N–H and O–H groups in total. The Bertz CT molecular complexity index is 1400. The molecule has 0 aliphatic carbocycles. The summed E-state index contributed by atoms with van der Waals surface area (Å²) in [6, 6.07) is 8.87. The van der Waals surface area contributed by atoms with Gasteiger partial charge in [0.25, 0.3) is 5.78 Å². The van der Waals surface area contributed by atoms with Crippen molar-refractivity contribution in [3.63, 3.8) is 0 Å². The minimum Gasteiger partial charge on any atom is -0.507 e. The number of esters is 1. The highest BCUT2D eigenvalue weighted by molar-refractivity contribution is 7.17. The van der Waals surface area contributed by atoms with E-state index in [1.165, 1.54) is 6.08 Å². The molecule has 1 saturated heterocycles. The fraction of sp³-hybridized carbons (Fsp3) is 0.259. The molecule has 0 saturated carbocycles. The molecule has 3 aromatic rings. The molecule has 10 heteroatoms. The third kappa shape index (κ3) is 5.05. The van der Waals surface area contributed by atoms with E-state index in [2.05, 4.69) is 11.6 Å². The summed E-state index contributed by atoms with van der Waals surface area (Å²) in [6.07, 6.45) is 2.24. The SMILES string of the molecule is C=CCOC(=O)c1sc(N2C(=O)C(=O)C(=C(O)c3cccc(OCCC)c3)C2c2ccc(C)o2)nc1C. The van der Waals surface area contributed by atoms with Gasteiger partial charge in [-0.2, -0.15) is 0 Å². The van der Waals surface area contributed by atoms with Gasteiger partial charge in [-0.15, -0.1) is 0 Å². The largest absolute Gasteiger partial charge is 0.507 e. The quantitative estimate of drug-likeness (QED) is 0.135. The average molecular weight is 523 g/mol. The smallest absolute Gasteiger partial charge is 0.350 e. The number of carbonyl (C=O) groups is 3. The molecule has 1 amide bonds. The number of carbonyl (C=O) groups excluding carboxylic acids is 3. The Balaban J connectivity index is 1.83. The number of aryl methyl sites for hydroxylation is 2. The molecule has 0 spiro atoms. The number of aliphatic hydroxyl groups is 1. The van der Waals surface area contributed by atoms with Crippen LogP contribution in [0.2, 0.25) is 0 Å². The molecule has 4 rings (SSSR count). The van der Waals surface area contributed by atoms with Crippen LogP contribution in [0.15, 0.2) is 59.0 Å². The van der Waals surface area contributed by atoms with Crippen LogP contribution in [0.25, 0.3) is 5.76 Å². The molecule has 2 aromatic heterocycles. The topological polar surface area (TPSA) is 119 Å². The molecule has 1 fully saturated rings. The Morgan fingerprint density at radius 3 is 2.73 bits per heavy atom.